The van der Waals surface area contributed by atoms with Gasteiger partial charge in [-0.15, -0.1) is 0 Å². The minimum absolute atomic E-state index is 0.00870. The summed E-state index contributed by atoms with van der Waals surface area (Å²) in [6.45, 7) is 2.07. The number of hydrogen-bond acceptors (Lipinski definition) is 7. The van der Waals surface area contributed by atoms with Gasteiger partial charge < -0.3 is 10.3 Å². The number of piperazine rings is 1. The van der Waals surface area contributed by atoms with Crippen LogP contribution in [0.2, 0.25) is 0 Å². The van der Waals surface area contributed by atoms with E-state index in [0.29, 0.717) is 26.2 Å². The molecule has 0 aliphatic carbocycles. The standard InChI is InChI=1S/C11H17N5O4S/c1-14-4-6-15(7-5-14)21(19,20)9-2-3-11(16(17)18)10(8-9)13-12/h2-3,8,13H,4-7,12H2,1H3. The Morgan fingerprint density at radius 3 is 2.43 bits per heavy atom. The molecule has 10 heteroatoms. The van der Waals surface area contributed by atoms with Gasteiger partial charge in [-0.25, -0.2) is 8.42 Å². The summed E-state index contributed by atoms with van der Waals surface area (Å²) in [6, 6.07) is 3.55. The highest BCUT2D eigenvalue weighted by Crippen LogP contribution is 2.28. The topological polar surface area (TPSA) is 122 Å². The molecule has 0 bridgehead atoms. The molecule has 1 heterocycles. The lowest BCUT2D eigenvalue weighted by Gasteiger charge is -2.31. The summed E-state index contributed by atoms with van der Waals surface area (Å²) in [5, 5.41) is 10.8. The van der Waals surface area contributed by atoms with Gasteiger partial charge in [0, 0.05) is 32.2 Å². The van der Waals surface area contributed by atoms with Crippen LogP contribution < -0.4 is 11.3 Å². The van der Waals surface area contributed by atoms with Crippen LogP contribution >= 0.6 is 0 Å². The number of likely N-dealkylation sites (N-methyl/N-ethyl adjacent to an activating group) is 1. The summed E-state index contributed by atoms with van der Waals surface area (Å²) in [4.78, 5) is 12.2. The second-order valence-electron chi connectivity index (χ2n) is 4.79. The van der Waals surface area contributed by atoms with Crippen molar-refractivity contribution >= 4 is 21.4 Å². The van der Waals surface area contributed by atoms with Gasteiger partial charge in [-0.3, -0.25) is 16.0 Å². The van der Waals surface area contributed by atoms with Crippen LogP contribution in [0.1, 0.15) is 0 Å². The van der Waals surface area contributed by atoms with Crippen LogP contribution in [-0.4, -0.2) is 55.8 Å². The van der Waals surface area contributed by atoms with Crippen molar-refractivity contribution in [3.8, 4) is 0 Å². The van der Waals surface area contributed by atoms with E-state index in [0.717, 1.165) is 6.07 Å². The summed E-state index contributed by atoms with van der Waals surface area (Å²) < 4.78 is 26.4. The molecular weight excluding hydrogens is 298 g/mol. The van der Waals surface area contributed by atoms with E-state index < -0.39 is 14.9 Å². The van der Waals surface area contributed by atoms with E-state index in [9.17, 15) is 18.5 Å². The highest BCUT2D eigenvalue weighted by molar-refractivity contribution is 7.89. The van der Waals surface area contributed by atoms with Crippen LogP contribution in [0.25, 0.3) is 0 Å². The Kier molecular flexibility index (Phi) is 4.42. The Balaban J connectivity index is 2.34. The molecule has 2 rings (SSSR count). The zero-order valence-corrected chi connectivity index (χ0v) is 12.3. The van der Waals surface area contributed by atoms with Gasteiger partial charge >= 0.3 is 0 Å². The van der Waals surface area contributed by atoms with Gasteiger partial charge in [0.2, 0.25) is 10.0 Å². The van der Waals surface area contributed by atoms with Crippen molar-refractivity contribution < 1.29 is 13.3 Å². The summed E-state index contributed by atoms with van der Waals surface area (Å²) >= 11 is 0. The van der Waals surface area contributed by atoms with Crippen LogP contribution in [0.15, 0.2) is 23.1 Å². The van der Waals surface area contributed by atoms with Crippen molar-refractivity contribution in [2.24, 2.45) is 5.84 Å². The number of nitrogens with zero attached hydrogens (tertiary/aromatic N) is 3. The largest absolute Gasteiger partial charge is 0.318 e. The second-order valence-corrected chi connectivity index (χ2v) is 6.73. The number of rotatable bonds is 4. The number of nitrogens with two attached hydrogens (primary N) is 1. The molecular formula is C11H17N5O4S. The number of benzene rings is 1. The minimum Gasteiger partial charge on any atom is -0.318 e. The Morgan fingerprint density at radius 2 is 1.90 bits per heavy atom. The SMILES string of the molecule is CN1CCN(S(=O)(=O)c2ccc([N+](=O)[O-])c(NN)c2)CC1. The number of hydrogen-bond donors (Lipinski definition) is 2. The predicted molar refractivity (Wildman–Crippen MR) is 77.2 cm³/mol. The maximum atomic E-state index is 12.5. The molecule has 21 heavy (non-hydrogen) atoms. The molecule has 1 aliphatic heterocycles. The molecule has 116 valence electrons. The Labute approximate surface area is 122 Å². The molecule has 0 aromatic heterocycles. The first-order chi connectivity index (χ1) is 9.86. The Hall–Kier alpha value is -1.75. The summed E-state index contributed by atoms with van der Waals surface area (Å²) in [5.74, 6) is 5.23. The third-order valence-corrected chi connectivity index (χ3v) is 5.31. The van der Waals surface area contributed by atoms with E-state index >= 15 is 0 Å². The minimum atomic E-state index is -3.67. The fraction of sp³-hybridized carbons (Fsp3) is 0.455. The maximum absolute atomic E-state index is 12.5. The van der Waals surface area contributed by atoms with E-state index in [1.54, 1.807) is 0 Å². The van der Waals surface area contributed by atoms with Gasteiger partial charge in [0.1, 0.15) is 5.69 Å². The normalized spacial score (nSPS) is 17.6. The van der Waals surface area contributed by atoms with Gasteiger partial charge in [-0.1, -0.05) is 0 Å². The first kappa shape index (κ1) is 15.6. The number of nitrogen functional groups attached to an aromatic ring is 1. The van der Waals surface area contributed by atoms with E-state index in [4.69, 9.17) is 5.84 Å². The predicted octanol–water partition coefficient (Wildman–Crippen LogP) is -0.183. The van der Waals surface area contributed by atoms with Crippen molar-refractivity contribution in [3.63, 3.8) is 0 Å². The van der Waals surface area contributed by atoms with Gasteiger partial charge in [0.05, 0.1) is 9.82 Å². The van der Waals surface area contributed by atoms with Gasteiger partial charge in [-0.05, 0) is 19.2 Å². The van der Waals surface area contributed by atoms with Gasteiger partial charge in [0.15, 0.2) is 0 Å². The molecule has 0 saturated carbocycles. The molecule has 1 aromatic carbocycles. The van der Waals surface area contributed by atoms with E-state index in [1.807, 2.05) is 11.9 Å². The number of nitro benzene ring substituents is 1. The van der Waals surface area contributed by atoms with E-state index in [1.165, 1.54) is 16.4 Å². The van der Waals surface area contributed by atoms with Gasteiger partial charge in [-0.2, -0.15) is 4.31 Å². The fourth-order valence-electron chi connectivity index (χ4n) is 2.13. The van der Waals surface area contributed by atoms with Crippen LogP contribution in [0, 0.1) is 10.1 Å². The lowest BCUT2D eigenvalue weighted by atomic mass is 10.3. The first-order valence-electron chi connectivity index (χ1n) is 6.30. The van der Waals surface area contributed by atoms with Crippen molar-refractivity contribution in [3.05, 3.63) is 28.3 Å². The lowest BCUT2D eigenvalue weighted by molar-refractivity contribution is -0.384. The van der Waals surface area contributed by atoms with Crippen molar-refractivity contribution in [1.82, 2.24) is 9.21 Å². The molecule has 1 saturated heterocycles. The van der Waals surface area contributed by atoms with Crippen LogP contribution in [0.4, 0.5) is 11.4 Å². The Morgan fingerprint density at radius 1 is 1.29 bits per heavy atom. The highest BCUT2D eigenvalue weighted by Gasteiger charge is 2.29. The molecule has 0 spiro atoms. The fourth-order valence-corrected chi connectivity index (χ4v) is 3.58. The summed E-state index contributed by atoms with van der Waals surface area (Å²) in [6.07, 6.45) is 0. The molecule has 0 radical (unpaired) electrons. The monoisotopic (exact) mass is 315 g/mol. The molecule has 1 fully saturated rings. The molecule has 9 nitrogen and oxygen atoms in total. The van der Waals surface area contributed by atoms with Gasteiger partial charge in [0.25, 0.3) is 5.69 Å². The smallest absolute Gasteiger partial charge is 0.293 e. The van der Waals surface area contributed by atoms with Crippen LogP contribution in [0.5, 0.6) is 0 Å². The number of sulfonamides is 1. The molecule has 0 amide bonds. The molecule has 3 N–H and O–H groups in total. The zero-order chi connectivity index (χ0) is 15.6. The number of hydrazine groups is 1. The van der Waals surface area contributed by atoms with Crippen LogP contribution in [0.3, 0.4) is 0 Å². The quantitative estimate of drug-likeness (QED) is 0.449. The average Bonchev–Trinajstić information content (AvgIpc) is 2.46. The Bertz CT molecular complexity index is 640. The third-order valence-electron chi connectivity index (χ3n) is 3.42. The maximum Gasteiger partial charge on any atom is 0.293 e. The van der Waals surface area contributed by atoms with E-state index in [-0.39, 0.29) is 16.3 Å². The zero-order valence-electron chi connectivity index (χ0n) is 11.5. The number of nitrogens with one attached hydrogen (secondary N) is 1. The number of anilines is 1. The third kappa shape index (κ3) is 3.13. The average molecular weight is 315 g/mol. The summed E-state index contributed by atoms with van der Waals surface area (Å²) in [7, 11) is -1.75. The molecule has 0 atom stereocenters. The van der Waals surface area contributed by atoms with Crippen molar-refractivity contribution in [2.75, 3.05) is 38.7 Å². The van der Waals surface area contributed by atoms with Crippen LogP contribution in [-0.2, 0) is 10.0 Å². The second kappa shape index (κ2) is 5.93. The van der Waals surface area contributed by atoms with Crippen molar-refractivity contribution in [2.45, 2.75) is 4.90 Å². The molecule has 0 unspecified atom stereocenters. The van der Waals surface area contributed by atoms with Crippen molar-refractivity contribution in [1.29, 1.82) is 0 Å². The highest BCUT2D eigenvalue weighted by atomic mass is 32.2. The molecule has 1 aliphatic rings. The lowest BCUT2D eigenvalue weighted by Crippen LogP contribution is -2.47. The molecule has 1 aromatic rings. The van der Waals surface area contributed by atoms with E-state index in [2.05, 4.69) is 5.43 Å². The number of nitro groups is 1. The summed E-state index contributed by atoms with van der Waals surface area (Å²) in [5.41, 5.74) is 1.87. The first-order valence-corrected chi connectivity index (χ1v) is 7.74.